The molecule has 0 bridgehead atoms. The van der Waals surface area contributed by atoms with Crippen molar-refractivity contribution in [1.29, 1.82) is 0 Å². The molecular formula is C14H17N3O3S. The van der Waals surface area contributed by atoms with Crippen LogP contribution in [0.4, 0.5) is 0 Å². The van der Waals surface area contributed by atoms with Crippen LogP contribution in [0, 0.1) is 5.41 Å². The van der Waals surface area contributed by atoms with Gasteiger partial charge in [-0.25, -0.2) is 0 Å². The van der Waals surface area contributed by atoms with Crippen molar-refractivity contribution >= 4 is 17.3 Å². The van der Waals surface area contributed by atoms with Crippen LogP contribution in [-0.2, 0) is 11.3 Å². The lowest BCUT2D eigenvalue weighted by Crippen LogP contribution is -2.33. The smallest absolute Gasteiger partial charge is 0.310 e. The van der Waals surface area contributed by atoms with Gasteiger partial charge in [0.1, 0.15) is 0 Å². The van der Waals surface area contributed by atoms with Crippen LogP contribution in [0.2, 0.25) is 0 Å². The van der Waals surface area contributed by atoms with Crippen molar-refractivity contribution in [2.24, 2.45) is 5.41 Å². The summed E-state index contributed by atoms with van der Waals surface area (Å²) in [4.78, 5) is 14.5. The lowest BCUT2D eigenvalue weighted by molar-refractivity contribution is -0.148. The summed E-state index contributed by atoms with van der Waals surface area (Å²) in [5.74, 6) is 0.354. The maximum absolute atomic E-state index is 11.4. The minimum absolute atomic E-state index is 0.507. The molecular weight excluding hydrogens is 290 g/mol. The lowest BCUT2D eigenvalue weighted by atomic mass is 9.84. The molecule has 0 aromatic carbocycles. The molecule has 1 fully saturated rings. The first-order valence-electron chi connectivity index (χ1n) is 6.95. The van der Waals surface area contributed by atoms with Gasteiger partial charge in [0.05, 0.1) is 16.8 Å². The average molecular weight is 307 g/mol. The van der Waals surface area contributed by atoms with Gasteiger partial charge >= 0.3 is 5.97 Å². The van der Waals surface area contributed by atoms with Gasteiger partial charge in [0.2, 0.25) is 5.89 Å². The third-order valence-electron chi connectivity index (χ3n) is 4.12. The molecule has 1 aliphatic rings. The normalized spacial score (nSPS) is 22.7. The molecule has 21 heavy (non-hydrogen) atoms. The zero-order chi connectivity index (χ0) is 14.9. The summed E-state index contributed by atoms with van der Waals surface area (Å²) in [6, 6.07) is 3.87. The molecule has 1 N–H and O–H groups in total. The first-order chi connectivity index (χ1) is 10.1. The van der Waals surface area contributed by atoms with E-state index >= 15 is 0 Å². The SMILES string of the molecule is CCC1(C(=O)O)CCN(Cc2nnc(-c3cccs3)o2)C1. The molecule has 1 aliphatic heterocycles. The molecule has 3 rings (SSSR count). The van der Waals surface area contributed by atoms with E-state index in [0.717, 1.165) is 11.4 Å². The highest BCUT2D eigenvalue weighted by molar-refractivity contribution is 7.13. The number of nitrogens with zero attached hydrogens (tertiary/aromatic N) is 3. The van der Waals surface area contributed by atoms with Crippen LogP contribution >= 0.6 is 11.3 Å². The van der Waals surface area contributed by atoms with Gasteiger partial charge in [-0.15, -0.1) is 21.5 Å². The quantitative estimate of drug-likeness (QED) is 0.914. The minimum Gasteiger partial charge on any atom is -0.481 e. The van der Waals surface area contributed by atoms with E-state index in [1.165, 1.54) is 0 Å². The van der Waals surface area contributed by atoms with Crippen LogP contribution in [0.15, 0.2) is 21.9 Å². The average Bonchev–Trinajstić information content (AvgIpc) is 3.19. The largest absolute Gasteiger partial charge is 0.481 e. The Morgan fingerprint density at radius 1 is 1.57 bits per heavy atom. The Hall–Kier alpha value is -1.73. The number of aliphatic carboxylic acids is 1. The molecule has 1 saturated heterocycles. The maximum Gasteiger partial charge on any atom is 0.310 e. The van der Waals surface area contributed by atoms with Gasteiger partial charge in [0, 0.05) is 6.54 Å². The van der Waals surface area contributed by atoms with Gasteiger partial charge in [-0.1, -0.05) is 13.0 Å². The summed E-state index contributed by atoms with van der Waals surface area (Å²) in [5, 5.41) is 19.5. The first-order valence-corrected chi connectivity index (χ1v) is 7.83. The molecule has 0 aliphatic carbocycles. The van der Waals surface area contributed by atoms with Gasteiger partial charge < -0.3 is 9.52 Å². The maximum atomic E-state index is 11.4. The molecule has 2 aromatic rings. The number of carbonyl (C=O) groups is 1. The van der Waals surface area contributed by atoms with Gasteiger partial charge in [-0.05, 0) is 30.8 Å². The predicted molar refractivity (Wildman–Crippen MR) is 77.9 cm³/mol. The number of carboxylic acid groups (broad SMARTS) is 1. The van der Waals surface area contributed by atoms with E-state index in [1.807, 2.05) is 24.4 Å². The molecule has 2 aromatic heterocycles. The lowest BCUT2D eigenvalue weighted by Gasteiger charge is -2.22. The fourth-order valence-corrected chi connectivity index (χ4v) is 3.36. The van der Waals surface area contributed by atoms with Gasteiger partial charge in [-0.2, -0.15) is 0 Å². The van der Waals surface area contributed by atoms with E-state index < -0.39 is 11.4 Å². The Balaban J connectivity index is 1.67. The fraction of sp³-hybridized carbons (Fsp3) is 0.500. The van der Waals surface area contributed by atoms with Crippen LogP contribution in [0.3, 0.4) is 0 Å². The third-order valence-corrected chi connectivity index (χ3v) is 4.98. The molecule has 3 heterocycles. The minimum atomic E-state index is -0.711. The van der Waals surface area contributed by atoms with Gasteiger partial charge in [-0.3, -0.25) is 9.69 Å². The summed E-state index contributed by atoms with van der Waals surface area (Å²) < 4.78 is 5.65. The molecule has 1 unspecified atom stereocenters. The van der Waals surface area contributed by atoms with E-state index in [-0.39, 0.29) is 0 Å². The van der Waals surface area contributed by atoms with Crippen LogP contribution in [0.5, 0.6) is 0 Å². The summed E-state index contributed by atoms with van der Waals surface area (Å²) >= 11 is 1.55. The third kappa shape index (κ3) is 2.71. The highest BCUT2D eigenvalue weighted by Gasteiger charge is 2.43. The van der Waals surface area contributed by atoms with Crippen molar-refractivity contribution in [2.75, 3.05) is 13.1 Å². The molecule has 6 nitrogen and oxygen atoms in total. The van der Waals surface area contributed by atoms with Crippen LogP contribution in [0.1, 0.15) is 25.7 Å². The summed E-state index contributed by atoms with van der Waals surface area (Å²) in [5.41, 5.74) is -0.628. The summed E-state index contributed by atoms with van der Waals surface area (Å²) in [6.07, 6.45) is 1.31. The van der Waals surface area contributed by atoms with E-state index in [9.17, 15) is 9.90 Å². The number of carboxylic acids is 1. The van der Waals surface area contributed by atoms with Crippen molar-refractivity contribution in [2.45, 2.75) is 26.3 Å². The van der Waals surface area contributed by atoms with Crippen molar-refractivity contribution in [1.82, 2.24) is 15.1 Å². The van der Waals surface area contributed by atoms with E-state index in [4.69, 9.17) is 4.42 Å². The van der Waals surface area contributed by atoms with Crippen LogP contribution in [0.25, 0.3) is 10.8 Å². The Morgan fingerprint density at radius 3 is 3.05 bits per heavy atom. The van der Waals surface area contributed by atoms with E-state index in [1.54, 1.807) is 11.3 Å². The highest BCUT2D eigenvalue weighted by atomic mass is 32.1. The monoisotopic (exact) mass is 307 g/mol. The topological polar surface area (TPSA) is 79.5 Å². The summed E-state index contributed by atoms with van der Waals surface area (Å²) in [7, 11) is 0. The number of hydrogen-bond acceptors (Lipinski definition) is 6. The zero-order valence-electron chi connectivity index (χ0n) is 11.8. The van der Waals surface area contributed by atoms with Gasteiger partial charge in [0.15, 0.2) is 0 Å². The number of likely N-dealkylation sites (tertiary alicyclic amines) is 1. The zero-order valence-corrected chi connectivity index (χ0v) is 12.6. The van der Waals surface area contributed by atoms with E-state index in [0.29, 0.717) is 37.7 Å². The Labute approximate surface area is 126 Å². The molecule has 0 spiro atoms. The molecule has 7 heteroatoms. The second-order valence-corrected chi connectivity index (χ2v) is 6.33. The van der Waals surface area contributed by atoms with E-state index in [2.05, 4.69) is 15.1 Å². The number of aromatic nitrogens is 2. The number of thiophene rings is 1. The highest BCUT2D eigenvalue weighted by Crippen LogP contribution is 2.35. The van der Waals surface area contributed by atoms with Crippen molar-refractivity contribution in [3.05, 3.63) is 23.4 Å². The Morgan fingerprint density at radius 2 is 2.43 bits per heavy atom. The Bertz CT molecular complexity index is 625. The standard InChI is InChI=1S/C14H17N3O3S/c1-2-14(13(18)19)5-6-17(9-14)8-11-15-16-12(20-11)10-4-3-7-21-10/h3-4,7H,2,5-6,8-9H2,1H3,(H,18,19). The molecule has 0 amide bonds. The fourth-order valence-electron chi connectivity index (χ4n) is 2.72. The summed E-state index contributed by atoms with van der Waals surface area (Å²) in [6.45, 7) is 3.72. The van der Waals surface area contributed by atoms with Crippen molar-refractivity contribution in [3.63, 3.8) is 0 Å². The molecule has 112 valence electrons. The molecule has 0 saturated carbocycles. The van der Waals surface area contributed by atoms with Crippen LogP contribution < -0.4 is 0 Å². The predicted octanol–water partition coefficient (Wildman–Crippen LogP) is 2.48. The number of hydrogen-bond donors (Lipinski definition) is 1. The second-order valence-electron chi connectivity index (χ2n) is 5.38. The number of rotatable bonds is 5. The second kappa shape index (κ2) is 5.57. The van der Waals surface area contributed by atoms with Crippen LogP contribution in [-0.4, -0.2) is 39.3 Å². The van der Waals surface area contributed by atoms with Gasteiger partial charge in [0.25, 0.3) is 5.89 Å². The van der Waals surface area contributed by atoms with Crippen molar-refractivity contribution < 1.29 is 14.3 Å². The Kier molecular flexibility index (Phi) is 3.77. The molecule has 0 radical (unpaired) electrons. The first kappa shape index (κ1) is 14.2. The van der Waals surface area contributed by atoms with Crippen molar-refractivity contribution in [3.8, 4) is 10.8 Å². The molecule has 1 atom stereocenters.